The molecule has 176 valence electrons. The number of nitrogens with zero attached hydrogens (tertiary/aromatic N) is 2. The molecule has 0 spiro atoms. The number of amides is 3. The van der Waals surface area contributed by atoms with Crippen molar-refractivity contribution in [3.05, 3.63) is 95.8 Å². The number of rotatable bonds is 5. The predicted molar refractivity (Wildman–Crippen MR) is 130 cm³/mol. The molecule has 0 aliphatic carbocycles. The fourth-order valence-corrected chi connectivity index (χ4v) is 3.58. The van der Waals surface area contributed by atoms with Crippen LogP contribution in [0.5, 0.6) is 0 Å². The van der Waals surface area contributed by atoms with E-state index in [1.165, 1.54) is 39.8 Å². The number of hydrogen-bond acceptors (Lipinski definition) is 3. The van der Waals surface area contributed by atoms with Crippen LogP contribution in [0.1, 0.15) is 15.9 Å². The van der Waals surface area contributed by atoms with E-state index in [2.05, 4.69) is 60.8 Å². The minimum absolute atomic E-state index is 0.0416. The summed E-state index contributed by atoms with van der Waals surface area (Å²) in [5.41, 5.74) is 3.91. The lowest BCUT2D eigenvalue weighted by molar-refractivity contribution is -0.132. The highest BCUT2D eigenvalue weighted by molar-refractivity contribution is 5.94. The van der Waals surface area contributed by atoms with Crippen molar-refractivity contribution in [2.24, 2.45) is 0 Å². The summed E-state index contributed by atoms with van der Waals surface area (Å²) >= 11 is 0. The smallest absolute Gasteiger partial charge is 0.256 e. The number of benzene rings is 3. The number of carbonyl (C=O) groups is 3. The van der Waals surface area contributed by atoms with E-state index in [1.54, 1.807) is 11.0 Å². The Balaban J connectivity index is 0.000000212. The Kier molecular flexibility index (Phi) is 8.91. The summed E-state index contributed by atoms with van der Waals surface area (Å²) in [5, 5.41) is 2.31. The highest BCUT2D eigenvalue weighted by Crippen LogP contribution is 2.18. The van der Waals surface area contributed by atoms with Crippen molar-refractivity contribution in [2.75, 3.05) is 32.7 Å². The van der Waals surface area contributed by atoms with Crippen LogP contribution >= 0.6 is 0 Å². The van der Waals surface area contributed by atoms with Crippen molar-refractivity contribution in [3.8, 4) is 11.1 Å². The minimum Gasteiger partial charge on any atom is -0.350 e. The van der Waals surface area contributed by atoms with Crippen molar-refractivity contribution in [2.45, 2.75) is 6.92 Å². The summed E-state index contributed by atoms with van der Waals surface area (Å²) in [7, 11) is 0. The van der Waals surface area contributed by atoms with E-state index >= 15 is 0 Å². The van der Waals surface area contributed by atoms with E-state index in [1.807, 2.05) is 6.07 Å². The van der Waals surface area contributed by atoms with E-state index in [0.29, 0.717) is 32.6 Å². The fourth-order valence-electron chi connectivity index (χ4n) is 3.58. The normalized spacial score (nSPS) is 12.9. The Labute approximate surface area is 199 Å². The van der Waals surface area contributed by atoms with Crippen LogP contribution in [-0.4, -0.2) is 60.7 Å². The number of piperazine rings is 1. The zero-order valence-corrected chi connectivity index (χ0v) is 19.1. The standard InChI is InChI=1S/C14H16FN3O3.C13H12/c15-12-4-2-1-3-11(12)14(21)18-7-5-17(6-8-18)13(20)9-16-10-19;1-11-7-9-13(10-8-11)12-5-3-2-4-6-12/h1-4,10H,5-9H2,(H,16,19);2-10H,1H3. The molecule has 1 heterocycles. The molecule has 0 saturated carbocycles. The van der Waals surface area contributed by atoms with Crippen LogP contribution in [0, 0.1) is 12.7 Å². The molecule has 3 aromatic carbocycles. The average molecular weight is 462 g/mol. The molecule has 6 nitrogen and oxygen atoms in total. The second-order valence-electron chi connectivity index (χ2n) is 7.88. The van der Waals surface area contributed by atoms with E-state index in [9.17, 15) is 18.8 Å². The maximum atomic E-state index is 13.6. The SMILES string of the molecule is Cc1ccc(-c2ccccc2)cc1.O=CNCC(=O)N1CCN(C(=O)c2ccccc2F)CC1. The van der Waals surface area contributed by atoms with Gasteiger partial charge in [-0.2, -0.15) is 0 Å². The number of nitrogens with one attached hydrogen (secondary N) is 1. The average Bonchev–Trinajstić information content (AvgIpc) is 2.88. The fraction of sp³-hybridized carbons (Fsp3) is 0.222. The first-order chi connectivity index (χ1) is 16.5. The maximum absolute atomic E-state index is 13.6. The van der Waals surface area contributed by atoms with Crippen molar-refractivity contribution in [3.63, 3.8) is 0 Å². The lowest BCUT2D eigenvalue weighted by atomic mass is 10.0. The molecule has 0 radical (unpaired) electrons. The third-order valence-corrected chi connectivity index (χ3v) is 5.52. The first kappa shape index (κ1) is 24.6. The van der Waals surface area contributed by atoms with Gasteiger partial charge in [0, 0.05) is 26.2 Å². The topological polar surface area (TPSA) is 69.7 Å². The highest BCUT2D eigenvalue weighted by Gasteiger charge is 2.25. The summed E-state index contributed by atoms with van der Waals surface area (Å²) in [5.74, 6) is -1.11. The largest absolute Gasteiger partial charge is 0.350 e. The van der Waals surface area contributed by atoms with Gasteiger partial charge >= 0.3 is 0 Å². The molecule has 1 N–H and O–H groups in total. The summed E-state index contributed by atoms with van der Waals surface area (Å²) in [6.07, 6.45) is 0.468. The van der Waals surface area contributed by atoms with Crippen molar-refractivity contribution >= 4 is 18.2 Å². The summed E-state index contributed by atoms with van der Waals surface area (Å²) in [6, 6.07) is 24.9. The Morgan fingerprint density at radius 1 is 0.824 bits per heavy atom. The van der Waals surface area contributed by atoms with Gasteiger partial charge in [-0.05, 0) is 30.2 Å². The summed E-state index contributed by atoms with van der Waals surface area (Å²) < 4.78 is 13.6. The van der Waals surface area contributed by atoms with Gasteiger partial charge in [-0.25, -0.2) is 4.39 Å². The number of hydrogen-bond donors (Lipinski definition) is 1. The van der Waals surface area contributed by atoms with Gasteiger partial charge < -0.3 is 15.1 Å². The van der Waals surface area contributed by atoms with Crippen molar-refractivity contribution < 1.29 is 18.8 Å². The first-order valence-electron chi connectivity index (χ1n) is 11.1. The molecule has 34 heavy (non-hydrogen) atoms. The Morgan fingerprint density at radius 2 is 1.38 bits per heavy atom. The minimum atomic E-state index is -0.545. The molecule has 0 aromatic heterocycles. The van der Waals surface area contributed by atoms with Crippen LogP contribution in [0.3, 0.4) is 0 Å². The molecule has 0 bridgehead atoms. The molecule has 0 atom stereocenters. The van der Waals surface area contributed by atoms with Gasteiger partial charge in [0.25, 0.3) is 5.91 Å². The van der Waals surface area contributed by atoms with Crippen LogP contribution in [0.4, 0.5) is 4.39 Å². The van der Waals surface area contributed by atoms with Gasteiger partial charge in [-0.3, -0.25) is 14.4 Å². The molecule has 3 aromatic rings. The first-order valence-corrected chi connectivity index (χ1v) is 11.1. The molecular formula is C27H28FN3O3. The molecule has 1 saturated heterocycles. The van der Waals surface area contributed by atoms with Crippen LogP contribution in [0.2, 0.25) is 0 Å². The lowest BCUT2D eigenvalue weighted by Crippen LogP contribution is -2.52. The quantitative estimate of drug-likeness (QED) is 0.591. The van der Waals surface area contributed by atoms with Gasteiger partial charge in [0.15, 0.2) is 0 Å². The molecule has 3 amide bonds. The number of halogens is 1. The zero-order chi connectivity index (χ0) is 24.3. The van der Waals surface area contributed by atoms with Crippen LogP contribution in [-0.2, 0) is 9.59 Å². The van der Waals surface area contributed by atoms with Crippen LogP contribution < -0.4 is 5.32 Å². The molecule has 7 heteroatoms. The van der Waals surface area contributed by atoms with E-state index < -0.39 is 5.82 Å². The van der Waals surface area contributed by atoms with Crippen molar-refractivity contribution in [1.82, 2.24) is 15.1 Å². The molecule has 1 fully saturated rings. The van der Waals surface area contributed by atoms with Gasteiger partial charge in [0.2, 0.25) is 12.3 Å². The third-order valence-electron chi connectivity index (χ3n) is 5.52. The Bertz CT molecular complexity index is 1100. The van der Waals surface area contributed by atoms with Gasteiger partial charge in [0.05, 0.1) is 12.1 Å². The lowest BCUT2D eigenvalue weighted by Gasteiger charge is -2.34. The van der Waals surface area contributed by atoms with Gasteiger partial charge in [-0.1, -0.05) is 72.3 Å². The summed E-state index contributed by atoms with van der Waals surface area (Å²) in [4.78, 5) is 37.1. The second-order valence-corrected chi connectivity index (χ2v) is 7.88. The Morgan fingerprint density at radius 3 is 2.00 bits per heavy atom. The maximum Gasteiger partial charge on any atom is 0.256 e. The monoisotopic (exact) mass is 461 g/mol. The molecule has 0 unspecified atom stereocenters. The molecule has 1 aliphatic rings. The number of aryl methyl sites for hydroxylation is 1. The Hall–Kier alpha value is -4.00. The number of carbonyl (C=O) groups excluding carboxylic acids is 3. The van der Waals surface area contributed by atoms with Gasteiger partial charge in [0.1, 0.15) is 5.82 Å². The van der Waals surface area contributed by atoms with E-state index in [-0.39, 0.29) is 23.9 Å². The van der Waals surface area contributed by atoms with E-state index in [0.717, 1.165) is 0 Å². The molecular weight excluding hydrogens is 433 g/mol. The van der Waals surface area contributed by atoms with Crippen molar-refractivity contribution in [1.29, 1.82) is 0 Å². The highest BCUT2D eigenvalue weighted by atomic mass is 19.1. The second kappa shape index (κ2) is 12.3. The van der Waals surface area contributed by atoms with Gasteiger partial charge in [-0.15, -0.1) is 0 Å². The molecule has 4 rings (SSSR count). The third kappa shape index (κ3) is 6.75. The van der Waals surface area contributed by atoms with Crippen LogP contribution in [0.15, 0.2) is 78.9 Å². The van der Waals surface area contributed by atoms with Crippen LogP contribution in [0.25, 0.3) is 11.1 Å². The van der Waals surface area contributed by atoms with E-state index in [4.69, 9.17) is 0 Å². The molecule has 1 aliphatic heterocycles. The zero-order valence-electron chi connectivity index (χ0n) is 19.1. The summed E-state index contributed by atoms with van der Waals surface area (Å²) in [6.45, 7) is 3.50. The predicted octanol–water partition coefficient (Wildman–Crippen LogP) is 3.52.